The molecule has 1 aliphatic rings. The predicted molar refractivity (Wildman–Crippen MR) is 94.9 cm³/mol. The Bertz CT molecular complexity index is 910. The van der Waals surface area contributed by atoms with Crippen LogP contribution in [0.2, 0.25) is 5.02 Å². The van der Waals surface area contributed by atoms with E-state index in [0.29, 0.717) is 10.7 Å². The first-order valence-electron chi connectivity index (χ1n) is 7.51. The van der Waals surface area contributed by atoms with Gasteiger partial charge in [-0.1, -0.05) is 31.5 Å². The molecular weight excluding hydrogens is 348 g/mol. The first kappa shape index (κ1) is 16.8. The summed E-state index contributed by atoms with van der Waals surface area (Å²) in [5.41, 5.74) is 1.95. The normalized spacial score (nSPS) is 16.8. The first-order valence-corrected chi connectivity index (χ1v) is 9.37. The van der Waals surface area contributed by atoms with Crippen LogP contribution in [-0.2, 0) is 14.8 Å². The lowest BCUT2D eigenvalue weighted by Gasteiger charge is -2.14. The van der Waals surface area contributed by atoms with Gasteiger partial charge >= 0.3 is 0 Å². The van der Waals surface area contributed by atoms with Gasteiger partial charge in [-0.3, -0.25) is 9.52 Å². The second-order valence-electron chi connectivity index (χ2n) is 6.08. The highest BCUT2D eigenvalue weighted by Crippen LogP contribution is 2.39. The first-order chi connectivity index (χ1) is 11.3. The van der Waals surface area contributed by atoms with Gasteiger partial charge < -0.3 is 5.32 Å². The highest BCUT2D eigenvalue weighted by atomic mass is 35.5. The van der Waals surface area contributed by atoms with E-state index in [-0.39, 0.29) is 22.6 Å². The third kappa shape index (κ3) is 3.12. The number of carbonyl (C=O) groups is 1. The molecule has 0 bridgehead atoms. The molecule has 0 radical (unpaired) electrons. The van der Waals surface area contributed by atoms with Gasteiger partial charge in [0.05, 0.1) is 10.8 Å². The number of fused-ring (bicyclic) bond motifs is 1. The molecular formula is C17H17ClN2O3S. The summed E-state index contributed by atoms with van der Waals surface area (Å²) in [6.45, 7) is 3.92. The van der Waals surface area contributed by atoms with Crippen LogP contribution in [0.5, 0.6) is 0 Å². The van der Waals surface area contributed by atoms with Crippen LogP contribution < -0.4 is 10.0 Å². The zero-order chi connectivity index (χ0) is 17.5. The average molecular weight is 365 g/mol. The molecule has 2 aromatic carbocycles. The maximum absolute atomic E-state index is 12.5. The summed E-state index contributed by atoms with van der Waals surface area (Å²) < 4.78 is 27.5. The van der Waals surface area contributed by atoms with Crippen LogP contribution in [0.3, 0.4) is 0 Å². The highest BCUT2D eigenvalue weighted by molar-refractivity contribution is 7.92. The van der Waals surface area contributed by atoms with Crippen molar-refractivity contribution in [1.29, 1.82) is 0 Å². The number of carbonyl (C=O) groups excluding carboxylic acids is 1. The van der Waals surface area contributed by atoms with Crippen molar-refractivity contribution in [3.05, 3.63) is 53.1 Å². The third-order valence-electron chi connectivity index (χ3n) is 3.95. The molecule has 1 amide bonds. The summed E-state index contributed by atoms with van der Waals surface area (Å²) in [7, 11) is -3.74. The number of benzene rings is 2. The number of nitrogens with one attached hydrogen (secondary N) is 2. The molecule has 0 saturated heterocycles. The zero-order valence-corrected chi connectivity index (χ0v) is 14.8. The molecule has 0 spiro atoms. The molecule has 0 fully saturated rings. The molecule has 1 heterocycles. The topological polar surface area (TPSA) is 75.3 Å². The number of amides is 1. The van der Waals surface area contributed by atoms with E-state index in [1.54, 1.807) is 30.3 Å². The van der Waals surface area contributed by atoms with Gasteiger partial charge in [-0.2, -0.15) is 0 Å². The largest absolute Gasteiger partial charge is 0.325 e. The summed E-state index contributed by atoms with van der Waals surface area (Å²) >= 11 is 5.86. The second kappa shape index (κ2) is 6.11. The fourth-order valence-corrected chi connectivity index (χ4v) is 4.21. The number of sulfonamides is 1. The Balaban J connectivity index is 1.94. The smallest absolute Gasteiger partial charge is 0.261 e. The number of anilines is 2. The van der Waals surface area contributed by atoms with Gasteiger partial charge in [0.2, 0.25) is 5.91 Å². The highest BCUT2D eigenvalue weighted by Gasteiger charge is 2.33. The number of hydrogen-bond donors (Lipinski definition) is 2. The number of halogens is 1. The Morgan fingerprint density at radius 1 is 1.17 bits per heavy atom. The molecule has 0 saturated carbocycles. The fourth-order valence-electron chi connectivity index (χ4n) is 2.86. The molecule has 0 aliphatic carbocycles. The maximum Gasteiger partial charge on any atom is 0.261 e. The van der Waals surface area contributed by atoms with Crippen molar-refractivity contribution in [2.24, 2.45) is 5.92 Å². The molecule has 0 aromatic heterocycles. The van der Waals surface area contributed by atoms with E-state index in [1.165, 1.54) is 12.1 Å². The van der Waals surface area contributed by atoms with E-state index >= 15 is 0 Å². The minimum Gasteiger partial charge on any atom is -0.325 e. The lowest BCUT2D eigenvalue weighted by atomic mass is 9.89. The van der Waals surface area contributed by atoms with Crippen LogP contribution in [0.25, 0.3) is 0 Å². The minimum absolute atomic E-state index is 0.0603. The van der Waals surface area contributed by atoms with E-state index < -0.39 is 10.0 Å². The van der Waals surface area contributed by atoms with Gasteiger partial charge in [-0.25, -0.2) is 8.42 Å². The molecule has 3 rings (SSSR count). The Morgan fingerprint density at radius 3 is 2.58 bits per heavy atom. The maximum atomic E-state index is 12.5. The zero-order valence-electron chi connectivity index (χ0n) is 13.2. The van der Waals surface area contributed by atoms with Crippen molar-refractivity contribution in [3.63, 3.8) is 0 Å². The van der Waals surface area contributed by atoms with Crippen LogP contribution in [0.4, 0.5) is 11.4 Å². The molecule has 2 N–H and O–H groups in total. The lowest BCUT2D eigenvalue weighted by molar-refractivity contribution is -0.117. The Hall–Kier alpha value is -2.05. The van der Waals surface area contributed by atoms with Crippen molar-refractivity contribution < 1.29 is 13.2 Å². The van der Waals surface area contributed by atoms with E-state index in [1.807, 2.05) is 13.8 Å². The molecule has 24 heavy (non-hydrogen) atoms. The molecule has 7 heteroatoms. The molecule has 1 aliphatic heterocycles. The molecule has 126 valence electrons. The van der Waals surface area contributed by atoms with Gasteiger partial charge in [0.15, 0.2) is 0 Å². The van der Waals surface area contributed by atoms with Crippen molar-refractivity contribution >= 4 is 38.9 Å². The molecule has 2 aromatic rings. The summed E-state index contributed by atoms with van der Waals surface area (Å²) in [5, 5.41) is 3.17. The Morgan fingerprint density at radius 2 is 1.92 bits per heavy atom. The quantitative estimate of drug-likeness (QED) is 0.865. The van der Waals surface area contributed by atoms with Crippen LogP contribution in [-0.4, -0.2) is 14.3 Å². The van der Waals surface area contributed by atoms with E-state index in [4.69, 9.17) is 11.6 Å². The van der Waals surface area contributed by atoms with Crippen molar-refractivity contribution in [2.45, 2.75) is 24.7 Å². The monoisotopic (exact) mass is 364 g/mol. The molecule has 1 unspecified atom stereocenters. The lowest BCUT2D eigenvalue weighted by Crippen LogP contribution is -2.17. The summed E-state index contributed by atoms with van der Waals surface area (Å²) in [4.78, 5) is 12.2. The van der Waals surface area contributed by atoms with E-state index in [0.717, 1.165) is 11.3 Å². The van der Waals surface area contributed by atoms with E-state index in [9.17, 15) is 13.2 Å². The number of rotatable bonds is 4. The van der Waals surface area contributed by atoms with Gasteiger partial charge in [0, 0.05) is 16.4 Å². The van der Waals surface area contributed by atoms with Gasteiger partial charge in [-0.15, -0.1) is 0 Å². The van der Waals surface area contributed by atoms with Crippen LogP contribution >= 0.6 is 11.6 Å². The third-order valence-corrected chi connectivity index (χ3v) is 5.57. The van der Waals surface area contributed by atoms with Gasteiger partial charge in [0.25, 0.3) is 10.0 Å². The fraction of sp³-hybridized carbons (Fsp3) is 0.235. The summed E-state index contributed by atoms with van der Waals surface area (Å²) in [5.74, 6) is -0.225. The average Bonchev–Trinajstić information content (AvgIpc) is 2.82. The molecule has 1 atom stereocenters. The van der Waals surface area contributed by atoms with Crippen LogP contribution in [0.1, 0.15) is 25.3 Å². The van der Waals surface area contributed by atoms with Crippen molar-refractivity contribution in [2.75, 3.05) is 10.0 Å². The standard InChI is InChI=1S/C17H17ClN2O3S/c1-10(2)16-14-9-12(6-7-15(14)19-17(16)21)20-24(22,23)13-5-3-4-11(18)8-13/h3-10,16,20H,1-2H3,(H,19,21). The SMILES string of the molecule is CC(C)C1C(=O)Nc2ccc(NS(=O)(=O)c3cccc(Cl)c3)cc21. The van der Waals surface area contributed by atoms with Crippen molar-refractivity contribution in [3.8, 4) is 0 Å². The minimum atomic E-state index is -3.74. The van der Waals surface area contributed by atoms with Crippen LogP contribution in [0, 0.1) is 5.92 Å². The van der Waals surface area contributed by atoms with Crippen LogP contribution in [0.15, 0.2) is 47.4 Å². The molecule has 5 nitrogen and oxygen atoms in total. The predicted octanol–water partition coefficient (Wildman–Crippen LogP) is 3.83. The van der Waals surface area contributed by atoms with Gasteiger partial charge in [-0.05, 0) is 47.9 Å². The number of hydrogen-bond acceptors (Lipinski definition) is 3. The van der Waals surface area contributed by atoms with Crippen molar-refractivity contribution in [1.82, 2.24) is 0 Å². The Kier molecular flexibility index (Phi) is 4.27. The Labute approximate surface area is 146 Å². The summed E-state index contributed by atoms with van der Waals surface area (Å²) in [6, 6.07) is 11.1. The summed E-state index contributed by atoms with van der Waals surface area (Å²) in [6.07, 6.45) is 0. The van der Waals surface area contributed by atoms with Gasteiger partial charge in [0.1, 0.15) is 0 Å². The second-order valence-corrected chi connectivity index (χ2v) is 8.19. The van der Waals surface area contributed by atoms with E-state index in [2.05, 4.69) is 10.0 Å².